The van der Waals surface area contributed by atoms with Gasteiger partial charge in [0.15, 0.2) is 0 Å². The summed E-state index contributed by atoms with van der Waals surface area (Å²) in [5, 5.41) is 8.52. The molecule has 0 aliphatic heterocycles. The van der Waals surface area contributed by atoms with Crippen molar-refractivity contribution in [2.24, 2.45) is 0 Å². The van der Waals surface area contributed by atoms with Gasteiger partial charge in [0.2, 0.25) is 0 Å². The highest BCUT2D eigenvalue weighted by Crippen LogP contribution is 2.06. The molecule has 12 heavy (non-hydrogen) atoms. The van der Waals surface area contributed by atoms with Crippen molar-refractivity contribution in [1.29, 1.82) is 0 Å². The maximum atomic E-state index is 8.52. The van der Waals surface area contributed by atoms with Crippen LogP contribution in [0.1, 0.15) is 44.9 Å². The predicted octanol–water partition coefficient (Wildman–Crippen LogP) is 2.36. The topological polar surface area (TPSA) is 29.5 Å². The van der Waals surface area contributed by atoms with Crippen LogP contribution < -0.4 is 0 Å². The van der Waals surface area contributed by atoms with E-state index in [0.29, 0.717) is 6.61 Å². The summed E-state index contributed by atoms with van der Waals surface area (Å²) in [6.45, 7) is 1.25. The van der Waals surface area contributed by atoms with E-state index >= 15 is 0 Å². The zero-order valence-electron chi connectivity index (χ0n) is 8.22. The average molecular weight is 174 g/mol. The molecular weight excluding hydrogens is 152 g/mol. The fourth-order valence-electron chi connectivity index (χ4n) is 1.24. The third-order valence-electron chi connectivity index (χ3n) is 2.01. The first kappa shape index (κ1) is 11.9. The van der Waals surface area contributed by atoms with Crippen LogP contribution in [-0.2, 0) is 4.74 Å². The standard InChI is InChI=1S/C10H22O2/c1-12-10-8-6-4-2-3-5-7-9-11/h11H,2-10H2,1H3. The number of aliphatic hydroxyl groups excluding tert-OH is 1. The predicted molar refractivity (Wildman–Crippen MR) is 51.3 cm³/mol. The summed E-state index contributed by atoms with van der Waals surface area (Å²) >= 11 is 0. The van der Waals surface area contributed by atoms with Gasteiger partial charge in [-0.3, -0.25) is 0 Å². The van der Waals surface area contributed by atoms with Gasteiger partial charge in [-0.25, -0.2) is 0 Å². The second-order valence-corrected chi connectivity index (χ2v) is 3.19. The van der Waals surface area contributed by atoms with E-state index in [1.165, 1.54) is 38.5 Å². The molecule has 0 rings (SSSR count). The third kappa shape index (κ3) is 9.92. The first-order valence-corrected chi connectivity index (χ1v) is 5.01. The van der Waals surface area contributed by atoms with Gasteiger partial charge in [-0.1, -0.05) is 32.1 Å². The van der Waals surface area contributed by atoms with Gasteiger partial charge in [0.05, 0.1) is 0 Å². The van der Waals surface area contributed by atoms with Gasteiger partial charge in [-0.05, 0) is 12.8 Å². The third-order valence-corrected chi connectivity index (χ3v) is 2.01. The summed E-state index contributed by atoms with van der Waals surface area (Å²) in [5.41, 5.74) is 0. The number of hydrogen-bond acceptors (Lipinski definition) is 2. The number of rotatable bonds is 9. The lowest BCUT2D eigenvalue weighted by Gasteiger charge is -2.00. The highest BCUT2D eigenvalue weighted by atomic mass is 16.5. The fourth-order valence-corrected chi connectivity index (χ4v) is 1.24. The van der Waals surface area contributed by atoms with Crippen LogP contribution >= 0.6 is 0 Å². The molecule has 0 aliphatic rings. The van der Waals surface area contributed by atoms with E-state index in [-0.39, 0.29) is 0 Å². The summed E-state index contributed by atoms with van der Waals surface area (Å²) in [5.74, 6) is 0. The molecule has 0 atom stereocenters. The summed E-state index contributed by atoms with van der Waals surface area (Å²) < 4.78 is 4.95. The van der Waals surface area contributed by atoms with Crippen LogP contribution in [0.4, 0.5) is 0 Å². The van der Waals surface area contributed by atoms with Gasteiger partial charge >= 0.3 is 0 Å². The number of methoxy groups -OCH3 is 1. The van der Waals surface area contributed by atoms with Crippen molar-refractivity contribution in [1.82, 2.24) is 0 Å². The van der Waals surface area contributed by atoms with Gasteiger partial charge in [0.1, 0.15) is 0 Å². The number of ether oxygens (including phenoxy) is 1. The molecule has 0 aliphatic carbocycles. The molecule has 0 amide bonds. The highest BCUT2D eigenvalue weighted by molar-refractivity contribution is 4.45. The lowest BCUT2D eigenvalue weighted by Crippen LogP contribution is -1.88. The molecule has 0 aromatic heterocycles. The van der Waals surface area contributed by atoms with Crippen LogP contribution in [0.15, 0.2) is 0 Å². The maximum Gasteiger partial charge on any atom is 0.0462 e. The van der Waals surface area contributed by atoms with Gasteiger partial charge in [-0.2, -0.15) is 0 Å². The Morgan fingerprint density at radius 2 is 1.33 bits per heavy atom. The van der Waals surface area contributed by atoms with Gasteiger partial charge < -0.3 is 9.84 Å². The van der Waals surface area contributed by atoms with E-state index < -0.39 is 0 Å². The molecule has 2 heteroatoms. The number of unbranched alkanes of at least 4 members (excludes halogenated alkanes) is 6. The van der Waals surface area contributed by atoms with Crippen molar-refractivity contribution in [2.75, 3.05) is 20.3 Å². The Morgan fingerprint density at radius 1 is 0.833 bits per heavy atom. The summed E-state index contributed by atoms with van der Waals surface area (Å²) in [6, 6.07) is 0. The van der Waals surface area contributed by atoms with Crippen molar-refractivity contribution in [3.63, 3.8) is 0 Å². The molecule has 0 aromatic rings. The van der Waals surface area contributed by atoms with Crippen LogP contribution in [0.2, 0.25) is 0 Å². The van der Waals surface area contributed by atoms with Crippen molar-refractivity contribution >= 4 is 0 Å². The molecular formula is C10H22O2. The SMILES string of the molecule is COCCCCCCCCCO. The smallest absolute Gasteiger partial charge is 0.0462 e. The van der Waals surface area contributed by atoms with E-state index in [0.717, 1.165) is 13.0 Å². The quantitative estimate of drug-likeness (QED) is 0.544. The van der Waals surface area contributed by atoms with Crippen LogP contribution in [-0.4, -0.2) is 25.4 Å². The van der Waals surface area contributed by atoms with E-state index in [1.807, 2.05) is 0 Å². The van der Waals surface area contributed by atoms with E-state index in [9.17, 15) is 0 Å². The zero-order valence-corrected chi connectivity index (χ0v) is 8.22. The van der Waals surface area contributed by atoms with Crippen molar-refractivity contribution < 1.29 is 9.84 Å². The van der Waals surface area contributed by atoms with Gasteiger partial charge in [-0.15, -0.1) is 0 Å². The van der Waals surface area contributed by atoms with Crippen molar-refractivity contribution in [3.05, 3.63) is 0 Å². The number of aliphatic hydroxyl groups is 1. The molecule has 1 N–H and O–H groups in total. The van der Waals surface area contributed by atoms with Crippen LogP contribution in [0, 0.1) is 0 Å². The lowest BCUT2D eigenvalue weighted by atomic mass is 10.1. The second kappa shape index (κ2) is 10.9. The van der Waals surface area contributed by atoms with Crippen LogP contribution in [0.5, 0.6) is 0 Å². The van der Waals surface area contributed by atoms with Crippen molar-refractivity contribution in [2.45, 2.75) is 44.9 Å². The maximum absolute atomic E-state index is 8.52. The summed E-state index contributed by atoms with van der Waals surface area (Å²) in [6.07, 6.45) is 8.52. The minimum absolute atomic E-state index is 0.351. The molecule has 0 heterocycles. The molecule has 0 unspecified atom stereocenters. The minimum atomic E-state index is 0.351. The Bertz CT molecular complexity index is 64.2. The Morgan fingerprint density at radius 3 is 1.83 bits per heavy atom. The lowest BCUT2D eigenvalue weighted by molar-refractivity contribution is 0.192. The van der Waals surface area contributed by atoms with Gasteiger partial charge in [0, 0.05) is 20.3 Å². The minimum Gasteiger partial charge on any atom is -0.396 e. The highest BCUT2D eigenvalue weighted by Gasteiger charge is 1.90. The van der Waals surface area contributed by atoms with E-state index in [2.05, 4.69) is 0 Å². The molecule has 0 bridgehead atoms. The summed E-state index contributed by atoms with van der Waals surface area (Å²) in [7, 11) is 1.75. The molecule has 0 fully saturated rings. The molecule has 74 valence electrons. The molecule has 0 saturated heterocycles. The largest absolute Gasteiger partial charge is 0.396 e. The number of hydrogen-bond donors (Lipinski definition) is 1. The van der Waals surface area contributed by atoms with Gasteiger partial charge in [0.25, 0.3) is 0 Å². The summed E-state index contributed by atoms with van der Waals surface area (Å²) in [4.78, 5) is 0. The Balaban J connectivity index is 2.73. The molecule has 0 aromatic carbocycles. The average Bonchev–Trinajstić information content (AvgIpc) is 2.10. The first-order chi connectivity index (χ1) is 5.91. The molecule has 0 saturated carbocycles. The molecule has 2 nitrogen and oxygen atoms in total. The zero-order chi connectivity index (χ0) is 9.07. The Kier molecular flexibility index (Phi) is 10.8. The Labute approximate surface area is 75.9 Å². The molecule has 0 radical (unpaired) electrons. The van der Waals surface area contributed by atoms with E-state index in [1.54, 1.807) is 7.11 Å². The Hall–Kier alpha value is -0.0800. The van der Waals surface area contributed by atoms with Crippen LogP contribution in [0.25, 0.3) is 0 Å². The first-order valence-electron chi connectivity index (χ1n) is 5.01. The monoisotopic (exact) mass is 174 g/mol. The van der Waals surface area contributed by atoms with E-state index in [4.69, 9.17) is 9.84 Å². The van der Waals surface area contributed by atoms with Crippen LogP contribution in [0.3, 0.4) is 0 Å². The molecule has 0 spiro atoms. The van der Waals surface area contributed by atoms with Crippen molar-refractivity contribution in [3.8, 4) is 0 Å². The second-order valence-electron chi connectivity index (χ2n) is 3.19. The normalized spacial score (nSPS) is 10.5. The fraction of sp³-hybridized carbons (Fsp3) is 1.00.